The zero-order chi connectivity index (χ0) is 14.7. The smallest absolute Gasteiger partial charge is 0.225 e. The summed E-state index contributed by atoms with van der Waals surface area (Å²) in [5.74, 6) is 2.53. The Bertz CT molecular complexity index is 576. The van der Waals surface area contributed by atoms with E-state index in [-0.39, 0.29) is 0 Å². The van der Waals surface area contributed by atoms with E-state index in [1.54, 1.807) is 6.26 Å². The standard InChI is InChI=1S/C15H21N5O/c1-12-10-14(20-7-5-19(2)6-8-20)18-15(17-12)16-11-13-4-3-9-21-13/h3-4,9-10H,5-8,11H2,1-2H3,(H,16,17,18). The van der Waals surface area contributed by atoms with Crippen molar-refractivity contribution in [2.75, 3.05) is 43.4 Å². The fourth-order valence-corrected chi connectivity index (χ4v) is 2.41. The lowest BCUT2D eigenvalue weighted by Gasteiger charge is -2.33. The summed E-state index contributed by atoms with van der Waals surface area (Å²) in [6.45, 7) is 6.74. The van der Waals surface area contributed by atoms with Crippen molar-refractivity contribution < 1.29 is 4.42 Å². The monoisotopic (exact) mass is 287 g/mol. The molecule has 1 saturated heterocycles. The van der Waals surface area contributed by atoms with Gasteiger partial charge in [0.15, 0.2) is 0 Å². The van der Waals surface area contributed by atoms with Gasteiger partial charge in [-0.15, -0.1) is 0 Å². The van der Waals surface area contributed by atoms with Crippen LogP contribution in [0.2, 0.25) is 0 Å². The maximum absolute atomic E-state index is 5.31. The first-order valence-electron chi connectivity index (χ1n) is 7.26. The molecule has 0 bridgehead atoms. The molecule has 1 aliphatic rings. The lowest BCUT2D eigenvalue weighted by atomic mass is 10.3. The molecule has 1 aliphatic heterocycles. The first-order chi connectivity index (χ1) is 10.2. The lowest BCUT2D eigenvalue weighted by molar-refractivity contribution is 0.312. The molecule has 0 radical (unpaired) electrons. The van der Waals surface area contributed by atoms with Crippen LogP contribution in [0.15, 0.2) is 28.9 Å². The summed E-state index contributed by atoms with van der Waals surface area (Å²) in [6.07, 6.45) is 1.67. The largest absolute Gasteiger partial charge is 0.467 e. The average molecular weight is 287 g/mol. The van der Waals surface area contributed by atoms with Crippen LogP contribution in [0.1, 0.15) is 11.5 Å². The second-order valence-electron chi connectivity index (χ2n) is 5.41. The summed E-state index contributed by atoms with van der Waals surface area (Å²) < 4.78 is 5.31. The summed E-state index contributed by atoms with van der Waals surface area (Å²) in [4.78, 5) is 13.7. The molecular weight excluding hydrogens is 266 g/mol. The molecule has 0 saturated carbocycles. The van der Waals surface area contributed by atoms with E-state index in [2.05, 4.69) is 32.1 Å². The summed E-state index contributed by atoms with van der Waals surface area (Å²) in [5, 5.41) is 3.22. The number of anilines is 2. The third-order valence-corrected chi connectivity index (χ3v) is 3.67. The maximum Gasteiger partial charge on any atom is 0.225 e. The fourth-order valence-electron chi connectivity index (χ4n) is 2.41. The number of piperazine rings is 1. The molecule has 0 atom stereocenters. The van der Waals surface area contributed by atoms with Crippen LogP contribution in [0.3, 0.4) is 0 Å². The number of aromatic nitrogens is 2. The molecule has 3 rings (SSSR count). The van der Waals surface area contributed by atoms with Gasteiger partial charge in [0.25, 0.3) is 0 Å². The third kappa shape index (κ3) is 3.52. The van der Waals surface area contributed by atoms with Crippen molar-refractivity contribution in [1.82, 2.24) is 14.9 Å². The number of hydrogen-bond donors (Lipinski definition) is 1. The molecule has 0 spiro atoms. The Labute approximate surface area is 124 Å². The zero-order valence-electron chi connectivity index (χ0n) is 12.5. The Morgan fingerprint density at radius 3 is 2.76 bits per heavy atom. The number of rotatable bonds is 4. The van der Waals surface area contributed by atoms with Crippen molar-refractivity contribution in [3.8, 4) is 0 Å². The van der Waals surface area contributed by atoms with E-state index < -0.39 is 0 Å². The molecule has 21 heavy (non-hydrogen) atoms. The highest BCUT2D eigenvalue weighted by atomic mass is 16.3. The quantitative estimate of drug-likeness (QED) is 0.924. The van der Waals surface area contributed by atoms with Crippen molar-refractivity contribution in [2.45, 2.75) is 13.5 Å². The predicted molar refractivity (Wildman–Crippen MR) is 82.5 cm³/mol. The molecule has 0 aromatic carbocycles. The van der Waals surface area contributed by atoms with Crippen LogP contribution in [0.25, 0.3) is 0 Å². The Morgan fingerprint density at radius 1 is 1.24 bits per heavy atom. The Kier molecular flexibility index (Phi) is 4.06. The molecule has 1 fully saturated rings. The van der Waals surface area contributed by atoms with Crippen LogP contribution in [0, 0.1) is 6.92 Å². The molecule has 6 heteroatoms. The topological polar surface area (TPSA) is 57.4 Å². The number of nitrogens with zero attached hydrogens (tertiary/aromatic N) is 4. The normalized spacial score (nSPS) is 16.2. The van der Waals surface area contributed by atoms with Gasteiger partial charge in [-0.2, -0.15) is 4.98 Å². The molecule has 1 N–H and O–H groups in total. The number of likely N-dealkylation sites (N-methyl/N-ethyl adjacent to an activating group) is 1. The van der Waals surface area contributed by atoms with Gasteiger partial charge >= 0.3 is 0 Å². The van der Waals surface area contributed by atoms with Gasteiger partial charge in [0, 0.05) is 37.9 Å². The Balaban J connectivity index is 1.70. The van der Waals surface area contributed by atoms with Gasteiger partial charge in [-0.25, -0.2) is 4.98 Å². The number of nitrogens with one attached hydrogen (secondary N) is 1. The molecule has 6 nitrogen and oxygen atoms in total. The SMILES string of the molecule is Cc1cc(N2CCN(C)CC2)nc(NCc2ccco2)n1. The van der Waals surface area contributed by atoms with Crippen LogP contribution in [0.5, 0.6) is 0 Å². The zero-order valence-corrected chi connectivity index (χ0v) is 12.5. The highest BCUT2D eigenvalue weighted by Gasteiger charge is 2.16. The second kappa shape index (κ2) is 6.13. The van der Waals surface area contributed by atoms with E-state index >= 15 is 0 Å². The molecule has 0 amide bonds. The molecule has 2 aromatic heterocycles. The third-order valence-electron chi connectivity index (χ3n) is 3.67. The molecule has 112 valence electrons. The Hall–Kier alpha value is -2.08. The minimum Gasteiger partial charge on any atom is -0.467 e. The lowest BCUT2D eigenvalue weighted by Crippen LogP contribution is -2.44. The highest BCUT2D eigenvalue weighted by Crippen LogP contribution is 2.17. The van der Waals surface area contributed by atoms with Gasteiger partial charge in [0.1, 0.15) is 11.6 Å². The summed E-state index contributed by atoms with van der Waals surface area (Å²) in [7, 11) is 2.15. The molecule has 3 heterocycles. The number of hydrogen-bond acceptors (Lipinski definition) is 6. The van der Waals surface area contributed by atoms with E-state index in [4.69, 9.17) is 4.42 Å². The van der Waals surface area contributed by atoms with Crippen molar-refractivity contribution in [3.05, 3.63) is 35.9 Å². The maximum atomic E-state index is 5.31. The van der Waals surface area contributed by atoms with Crippen LogP contribution in [-0.4, -0.2) is 48.1 Å². The predicted octanol–water partition coefficient (Wildman–Crippen LogP) is 1.74. The van der Waals surface area contributed by atoms with Crippen molar-refractivity contribution in [3.63, 3.8) is 0 Å². The molecule has 2 aromatic rings. The van der Waals surface area contributed by atoms with Gasteiger partial charge in [-0.1, -0.05) is 0 Å². The van der Waals surface area contributed by atoms with Crippen LogP contribution in [-0.2, 0) is 6.54 Å². The van der Waals surface area contributed by atoms with Gasteiger partial charge in [-0.3, -0.25) is 0 Å². The first kappa shape index (κ1) is 13.9. The van der Waals surface area contributed by atoms with Crippen LogP contribution < -0.4 is 10.2 Å². The van der Waals surface area contributed by atoms with Crippen LogP contribution >= 0.6 is 0 Å². The summed E-state index contributed by atoms with van der Waals surface area (Å²) in [5.41, 5.74) is 0.973. The van der Waals surface area contributed by atoms with Gasteiger partial charge in [0.2, 0.25) is 5.95 Å². The van der Waals surface area contributed by atoms with Gasteiger partial charge < -0.3 is 19.5 Å². The highest BCUT2D eigenvalue weighted by molar-refractivity contribution is 5.45. The van der Waals surface area contributed by atoms with Crippen molar-refractivity contribution in [2.24, 2.45) is 0 Å². The Morgan fingerprint density at radius 2 is 2.05 bits per heavy atom. The number of aryl methyl sites for hydroxylation is 1. The number of furan rings is 1. The minimum absolute atomic E-state index is 0.596. The van der Waals surface area contributed by atoms with Gasteiger partial charge in [-0.05, 0) is 26.1 Å². The van der Waals surface area contributed by atoms with Crippen LogP contribution in [0.4, 0.5) is 11.8 Å². The van der Waals surface area contributed by atoms with Gasteiger partial charge in [0.05, 0.1) is 12.8 Å². The fraction of sp³-hybridized carbons (Fsp3) is 0.467. The second-order valence-corrected chi connectivity index (χ2v) is 5.41. The summed E-state index contributed by atoms with van der Waals surface area (Å²) >= 11 is 0. The van der Waals surface area contributed by atoms with Crippen molar-refractivity contribution in [1.29, 1.82) is 0 Å². The van der Waals surface area contributed by atoms with E-state index in [9.17, 15) is 0 Å². The molecule has 0 aliphatic carbocycles. The van der Waals surface area contributed by atoms with E-state index in [1.807, 2.05) is 25.1 Å². The molecule has 0 unspecified atom stereocenters. The summed E-state index contributed by atoms with van der Waals surface area (Å²) in [6, 6.07) is 5.86. The van der Waals surface area contributed by atoms with E-state index in [0.29, 0.717) is 12.5 Å². The first-order valence-corrected chi connectivity index (χ1v) is 7.26. The molecular formula is C15H21N5O. The van der Waals surface area contributed by atoms with Crippen molar-refractivity contribution >= 4 is 11.8 Å². The average Bonchev–Trinajstić information content (AvgIpc) is 2.99. The minimum atomic E-state index is 0.596. The van der Waals surface area contributed by atoms with E-state index in [1.165, 1.54) is 0 Å². The van der Waals surface area contributed by atoms with E-state index in [0.717, 1.165) is 43.5 Å².